The van der Waals surface area contributed by atoms with E-state index in [1.165, 1.54) is 17.2 Å². The SMILES string of the molecule is CN(CC1CCCC1O)C(=O)c1cccc[n+]1[O-]. The van der Waals surface area contributed by atoms with Crippen LogP contribution >= 0.6 is 0 Å². The van der Waals surface area contributed by atoms with E-state index in [1.54, 1.807) is 19.2 Å². The van der Waals surface area contributed by atoms with Gasteiger partial charge in [-0.25, -0.2) is 0 Å². The smallest absolute Gasteiger partial charge is 0.319 e. The first kappa shape index (κ1) is 12.8. The van der Waals surface area contributed by atoms with Gasteiger partial charge in [0.1, 0.15) is 0 Å². The maximum Gasteiger partial charge on any atom is 0.319 e. The van der Waals surface area contributed by atoms with Crippen molar-refractivity contribution in [3.63, 3.8) is 0 Å². The molecule has 1 aliphatic rings. The highest BCUT2D eigenvalue weighted by atomic mass is 16.5. The highest BCUT2D eigenvalue weighted by molar-refractivity contribution is 5.90. The van der Waals surface area contributed by atoms with Crippen LogP contribution < -0.4 is 4.73 Å². The molecule has 1 amide bonds. The van der Waals surface area contributed by atoms with Gasteiger partial charge in [0, 0.05) is 31.6 Å². The van der Waals surface area contributed by atoms with Crippen LogP contribution in [0.3, 0.4) is 0 Å². The van der Waals surface area contributed by atoms with Crippen LogP contribution in [0, 0.1) is 11.1 Å². The summed E-state index contributed by atoms with van der Waals surface area (Å²) in [6.07, 6.45) is 3.73. The predicted octanol–water partition coefficient (Wildman–Crippen LogP) is 0.553. The van der Waals surface area contributed by atoms with E-state index >= 15 is 0 Å². The molecule has 5 nitrogen and oxygen atoms in total. The molecule has 98 valence electrons. The summed E-state index contributed by atoms with van der Waals surface area (Å²) in [4.78, 5) is 13.6. The van der Waals surface area contributed by atoms with Crippen LogP contribution in [-0.4, -0.2) is 35.6 Å². The molecule has 0 saturated heterocycles. The Hall–Kier alpha value is -1.62. The number of hydrogen-bond acceptors (Lipinski definition) is 3. The molecular formula is C13H18N2O3. The minimum absolute atomic E-state index is 0.118. The molecule has 1 fully saturated rings. The molecule has 0 aromatic carbocycles. The van der Waals surface area contributed by atoms with Crippen LogP contribution in [0.1, 0.15) is 29.8 Å². The molecular weight excluding hydrogens is 232 g/mol. The third-order valence-electron chi connectivity index (χ3n) is 3.52. The Morgan fingerprint density at radius 3 is 2.94 bits per heavy atom. The number of aliphatic hydroxyl groups excluding tert-OH is 1. The number of carbonyl (C=O) groups is 1. The zero-order valence-electron chi connectivity index (χ0n) is 10.5. The lowest BCUT2D eigenvalue weighted by Crippen LogP contribution is -2.42. The quantitative estimate of drug-likeness (QED) is 0.629. The normalized spacial score (nSPS) is 23.0. The Morgan fingerprint density at radius 2 is 2.33 bits per heavy atom. The zero-order chi connectivity index (χ0) is 13.1. The molecule has 1 aromatic heterocycles. The van der Waals surface area contributed by atoms with Gasteiger partial charge in [-0.05, 0) is 18.9 Å². The monoisotopic (exact) mass is 250 g/mol. The van der Waals surface area contributed by atoms with Crippen molar-refractivity contribution in [3.05, 3.63) is 35.3 Å². The number of aliphatic hydroxyl groups is 1. The third kappa shape index (κ3) is 2.61. The number of hydrogen-bond donors (Lipinski definition) is 1. The fraction of sp³-hybridized carbons (Fsp3) is 0.538. The molecule has 2 unspecified atom stereocenters. The summed E-state index contributed by atoms with van der Waals surface area (Å²) in [5, 5.41) is 21.2. The Labute approximate surface area is 106 Å². The van der Waals surface area contributed by atoms with E-state index in [0.717, 1.165) is 19.3 Å². The van der Waals surface area contributed by atoms with Gasteiger partial charge in [0.2, 0.25) is 0 Å². The molecule has 5 heteroatoms. The summed E-state index contributed by atoms with van der Waals surface area (Å²) in [5.74, 6) is -0.174. The Kier molecular flexibility index (Phi) is 3.81. The van der Waals surface area contributed by atoms with Crippen molar-refractivity contribution in [1.29, 1.82) is 0 Å². The van der Waals surface area contributed by atoms with Crippen molar-refractivity contribution >= 4 is 5.91 Å². The van der Waals surface area contributed by atoms with Crippen molar-refractivity contribution in [2.75, 3.05) is 13.6 Å². The number of aromatic nitrogens is 1. The molecule has 1 aromatic rings. The number of nitrogens with zero attached hydrogens (tertiary/aromatic N) is 2. The summed E-state index contributed by atoms with van der Waals surface area (Å²) in [6.45, 7) is 0.495. The van der Waals surface area contributed by atoms with Crippen molar-refractivity contribution < 1.29 is 14.6 Å². The van der Waals surface area contributed by atoms with Gasteiger partial charge in [-0.15, -0.1) is 0 Å². The number of amides is 1. The van der Waals surface area contributed by atoms with E-state index in [4.69, 9.17) is 0 Å². The Balaban J connectivity index is 2.03. The second-order valence-electron chi connectivity index (χ2n) is 4.86. The molecule has 0 aliphatic heterocycles. The van der Waals surface area contributed by atoms with Gasteiger partial charge in [0.05, 0.1) is 6.10 Å². The standard InChI is InChI=1S/C13H18N2O3/c1-14(9-10-5-4-7-12(10)16)13(17)11-6-2-3-8-15(11)18/h2-3,6,8,10,12,16H,4-5,7,9H2,1H3. The van der Waals surface area contributed by atoms with Crippen molar-refractivity contribution in [2.24, 2.45) is 5.92 Å². The van der Waals surface area contributed by atoms with Gasteiger partial charge in [-0.1, -0.05) is 6.42 Å². The summed E-state index contributed by atoms with van der Waals surface area (Å²) in [5.41, 5.74) is 0.118. The van der Waals surface area contributed by atoms with Crippen molar-refractivity contribution in [1.82, 2.24) is 4.90 Å². The van der Waals surface area contributed by atoms with Crippen molar-refractivity contribution in [2.45, 2.75) is 25.4 Å². The predicted molar refractivity (Wildman–Crippen MR) is 65.7 cm³/mol. The summed E-state index contributed by atoms with van der Waals surface area (Å²) >= 11 is 0. The van der Waals surface area contributed by atoms with E-state index in [-0.39, 0.29) is 23.6 Å². The average Bonchev–Trinajstić information content (AvgIpc) is 2.75. The van der Waals surface area contributed by atoms with E-state index in [1.807, 2.05) is 0 Å². The molecule has 2 atom stereocenters. The van der Waals surface area contributed by atoms with Gasteiger partial charge in [0.15, 0.2) is 6.20 Å². The number of pyridine rings is 1. The van der Waals surface area contributed by atoms with Crippen LogP contribution in [0.5, 0.6) is 0 Å². The largest absolute Gasteiger partial charge is 0.618 e. The van der Waals surface area contributed by atoms with Crippen molar-refractivity contribution in [3.8, 4) is 0 Å². The zero-order valence-corrected chi connectivity index (χ0v) is 10.5. The van der Waals surface area contributed by atoms with Gasteiger partial charge >= 0.3 is 5.91 Å². The van der Waals surface area contributed by atoms with E-state index in [9.17, 15) is 15.1 Å². The number of carbonyl (C=O) groups excluding carboxylic acids is 1. The first-order chi connectivity index (χ1) is 8.59. The van der Waals surface area contributed by atoms with E-state index in [2.05, 4.69) is 0 Å². The maximum absolute atomic E-state index is 12.1. The van der Waals surface area contributed by atoms with Crippen LogP contribution in [0.2, 0.25) is 0 Å². The van der Waals surface area contributed by atoms with Crippen LogP contribution in [0.15, 0.2) is 24.4 Å². The summed E-state index contributed by atoms with van der Waals surface area (Å²) < 4.78 is 0.573. The second kappa shape index (κ2) is 5.35. The van der Waals surface area contributed by atoms with Gasteiger partial charge in [-0.3, -0.25) is 4.79 Å². The summed E-state index contributed by atoms with van der Waals surface area (Å²) in [6, 6.07) is 4.77. The summed E-state index contributed by atoms with van der Waals surface area (Å²) in [7, 11) is 1.67. The topological polar surface area (TPSA) is 67.5 Å². The molecule has 1 heterocycles. The van der Waals surface area contributed by atoms with Crippen LogP contribution in [0.4, 0.5) is 0 Å². The Morgan fingerprint density at radius 1 is 1.56 bits per heavy atom. The molecule has 0 bridgehead atoms. The molecule has 0 spiro atoms. The molecule has 1 aliphatic carbocycles. The fourth-order valence-corrected chi connectivity index (χ4v) is 2.45. The molecule has 18 heavy (non-hydrogen) atoms. The molecule has 1 N–H and O–H groups in total. The van der Waals surface area contributed by atoms with E-state index < -0.39 is 0 Å². The van der Waals surface area contributed by atoms with Crippen LogP contribution in [0.25, 0.3) is 0 Å². The van der Waals surface area contributed by atoms with Gasteiger partial charge < -0.3 is 15.2 Å². The lowest BCUT2D eigenvalue weighted by Gasteiger charge is -2.22. The molecule has 2 rings (SSSR count). The highest BCUT2D eigenvalue weighted by Crippen LogP contribution is 2.26. The highest BCUT2D eigenvalue weighted by Gasteiger charge is 2.29. The lowest BCUT2D eigenvalue weighted by molar-refractivity contribution is -0.608. The van der Waals surface area contributed by atoms with Gasteiger partial charge in [0.25, 0.3) is 5.69 Å². The van der Waals surface area contributed by atoms with Crippen LogP contribution in [-0.2, 0) is 0 Å². The first-order valence-corrected chi connectivity index (χ1v) is 6.21. The third-order valence-corrected chi connectivity index (χ3v) is 3.52. The number of rotatable bonds is 3. The maximum atomic E-state index is 12.1. The fourth-order valence-electron chi connectivity index (χ4n) is 2.45. The Bertz CT molecular complexity index is 436. The minimum Gasteiger partial charge on any atom is -0.618 e. The minimum atomic E-state index is -0.324. The first-order valence-electron chi connectivity index (χ1n) is 6.21. The second-order valence-corrected chi connectivity index (χ2v) is 4.86. The average molecular weight is 250 g/mol. The van der Waals surface area contributed by atoms with Gasteiger partial charge in [-0.2, -0.15) is 4.73 Å². The lowest BCUT2D eigenvalue weighted by atomic mass is 10.1. The molecule has 0 radical (unpaired) electrons. The van der Waals surface area contributed by atoms with E-state index in [0.29, 0.717) is 11.3 Å². The molecule has 1 saturated carbocycles.